The van der Waals surface area contributed by atoms with E-state index in [1.54, 1.807) is 13.0 Å². The average Bonchev–Trinajstić information content (AvgIpc) is 2.85. The molecule has 6 heteroatoms. The van der Waals surface area contributed by atoms with Gasteiger partial charge in [0.15, 0.2) is 5.76 Å². The van der Waals surface area contributed by atoms with E-state index in [0.717, 1.165) is 11.3 Å². The van der Waals surface area contributed by atoms with Crippen molar-refractivity contribution in [3.63, 3.8) is 0 Å². The number of carbonyl (C=O) groups is 2. The second-order valence-corrected chi connectivity index (χ2v) is 4.37. The van der Waals surface area contributed by atoms with Gasteiger partial charge in [0, 0.05) is 5.56 Å². The zero-order valence-electron chi connectivity index (χ0n) is 11.5. The summed E-state index contributed by atoms with van der Waals surface area (Å²) in [6.07, 6.45) is 0. The molecule has 0 bridgehead atoms. The second-order valence-electron chi connectivity index (χ2n) is 4.37. The van der Waals surface area contributed by atoms with E-state index < -0.39 is 18.4 Å². The Hall–Kier alpha value is -2.76. The molecule has 2 aromatic rings. The summed E-state index contributed by atoms with van der Waals surface area (Å²) in [5.41, 5.74) is 0.735. The van der Waals surface area contributed by atoms with E-state index >= 15 is 0 Å². The van der Waals surface area contributed by atoms with E-state index in [4.69, 9.17) is 14.3 Å². The number of carboxylic acid groups (broad SMARTS) is 1. The Bertz CT molecular complexity index is 633. The Morgan fingerprint density at radius 3 is 2.67 bits per heavy atom. The number of amides is 1. The minimum absolute atomic E-state index is 0.0698. The smallest absolute Gasteiger partial charge is 0.322 e. The fraction of sp³-hybridized carbons (Fsp3) is 0.200. The molecule has 1 aromatic carbocycles. The molecule has 1 amide bonds. The molecule has 0 radical (unpaired) electrons. The van der Waals surface area contributed by atoms with Crippen molar-refractivity contribution in [1.82, 2.24) is 5.32 Å². The molecule has 2 N–H and O–H groups in total. The van der Waals surface area contributed by atoms with Crippen molar-refractivity contribution in [3.8, 4) is 5.75 Å². The van der Waals surface area contributed by atoms with E-state index in [1.165, 1.54) is 0 Å². The van der Waals surface area contributed by atoms with Crippen molar-refractivity contribution in [2.75, 3.05) is 6.54 Å². The number of carboxylic acids is 1. The molecular weight excluding hydrogens is 274 g/mol. The van der Waals surface area contributed by atoms with E-state index in [0.29, 0.717) is 5.76 Å². The lowest BCUT2D eigenvalue weighted by Gasteiger charge is -2.04. The predicted molar refractivity (Wildman–Crippen MR) is 74.2 cm³/mol. The second kappa shape index (κ2) is 6.60. The minimum Gasteiger partial charge on any atom is -0.489 e. The first kappa shape index (κ1) is 14.6. The van der Waals surface area contributed by atoms with Crippen LogP contribution in [0.2, 0.25) is 0 Å². The molecule has 1 heterocycles. The van der Waals surface area contributed by atoms with Crippen LogP contribution in [-0.2, 0) is 11.4 Å². The van der Waals surface area contributed by atoms with Crippen molar-refractivity contribution in [1.29, 1.82) is 0 Å². The molecule has 0 aliphatic carbocycles. The summed E-state index contributed by atoms with van der Waals surface area (Å²) < 4.78 is 10.9. The maximum atomic E-state index is 11.7. The van der Waals surface area contributed by atoms with Gasteiger partial charge in [-0.1, -0.05) is 18.2 Å². The first-order valence-corrected chi connectivity index (χ1v) is 6.33. The van der Waals surface area contributed by atoms with Gasteiger partial charge in [-0.15, -0.1) is 0 Å². The van der Waals surface area contributed by atoms with Gasteiger partial charge in [-0.2, -0.15) is 0 Å². The number of carbonyl (C=O) groups excluding carboxylic acids is 1. The standard InChI is InChI=1S/C15H15NO5/c1-10-11(9-20-12-5-3-2-4-6-12)7-13(21-10)15(19)16-8-14(17)18/h2-7H,8-9H2,1H3,(H,16,19)(H,17,18). The van der Waals surface area contributed by atoms with Crippen LogP contribution in [0.3, 0.4) is 0 Å². The Morgan fingerprint density at radius 2 is 2.00 bits per heavy atom. The zero-order valence-corrected chi connectivity index (χ0v) is 11.5. The SMILES string of the molecule is Cc1oc(C(=O)NCC(=O)O)cc1COc1ccccc1. The Labute approximate surface area is 121 Å². The van der Waals surface area contributed by atoms with Crippen LogP contribution in [0.4, 0.5) is 0 Å². The first-order valence-electron chi connectivity index (χ1n) is 6.33. The largest absolute Gasteiger partial charge is 0.489 e. The Morgan fingerprint density at radius 1 is 1.29 bits per heavy atom. The minimum atomic E-state index is -1.11. The maximum absolute atomic E-state index is 11.7. The number of aryl methyl sites for hydroxylation is 1. The zero-order chi connectivity index (χ0) is 15.2. The number of benzene rings is 1. The molecular formula is C15H15NO5. The lowest BCUT2D eigenvalue weighted by molar-refractivity contribution is -0.135. The molecule has 0 spiro atoms. The number of furan rings is 1. The Kier molecular flexibility index (Phi) is 4.61. The molecule has 0 aliphatic rings. The van der Waals surface area contributed by atoms with Crippen molar-refractivity contribution in [2.45, 2.75) is 13.5 Å². The predicted octanol–water partition coefficient (Wildman–Crippen LogP) is 1.98. The number of hydrogen-bond acceptors (Lipinski definition) is 4. The summed E-state index contributed by atoms with van der Waals surface area (Å²) in [7, 11) is 0. The molecule has 0 aliphatic heterocycles. The number of ether oxygens (including phenoxy) is 1. The van der Waals surface area contributed by atoms with Crippen LogP contribution < -0.4 is 10.1 Å². The van der Waals surface area contributed by atoms with Gasteiger partial charge in [0.1, 0.15) is 24.7 Å². The summed E-state index contributed by atoms with van der Waals surface area (Å²) in [5, 5.41) is 10.8. The van der Waals surface area contributed by atoms with Gasteiger partial charge in [-0.05, 0) is 25.1 Å². The molecule has 2 rings (SSSR count). The summed E-state index contributed by atoms with van der Waals surface area (Å²) in [6, 6.07) is 10.8. The molecule has 110 valence electrons. The van der Waals surface area contributed by atoms with Crippen LogP contribution in [0.25, 0.3) is 0 Å². The highest BCUT2D eigenvalue weighted by Crippen LogP contribution is 2.18. The van der Waals surface area contributed by atoms with E-state index in [2.05, 4.69) is 5.32 Å². The maximum Gasteiger partial charge on any atom is 0.322 e. The van der Waals surface area contributed by atoms with E-state index in [9.17, 15) is 9.59 Å². The number of nitrogens with one attached hydrogen (secondary N) is 1. The highest BCUT2D eigenvalue weighted by molar-refractivity contribution is 5.93. The van der Waals surface area contributed by atoms with Gasteiger partial charge in [-0.25, -0.2) is 0 Å². The average molecular weight is 289 g/mol. The lowest BCUT2D eigenvalue weighted by atomic mass is 10.2. The number of hydrogen-bond donors (Lipinski definition) is 2. The van der Waals surface area contributed by atoms with Gasteiger partial charge >= 0.3 is 5.97 Å². The Balaban J connectivity index is 1.98. The van der Waals surface area contributed by atoms with Crippen molar-refractivity contribution in [3.05, 3.63) is 53.5 Å². The highest BCUT2D eigenvalue weighted by atomic mass is 16.5. The molecule has 1 aromatic heterocycles. The van der Waals surface area contributed by atoms with Crippen LogP contribution in [0.1, 0.15) is 21.9 Å². The van der Waals surface area contributed by atoms with Crippen molar-refractivity contribution in [2.24, 2.45) is 0 Å². The topological polar surface area (TPSA) is 88.8 Å². The molecule has 6 nitrogen and oxygen atoms in total. The van der Waals surface area contributed by atoms with E-state index in [1.807, 2.05) is 30.3 Å². The van der Waals surface area contributed by atoms with Gasteiger partial charge in [-0.3, -0.25) is 9.59 Å². The quantitative estimate of drug-likeness (QED) is 0.848. The molecule has 0 atom stereocenters. The lowest BCUT2D eigenvalue weighted by Crippen LogP contribution is -2.28. The van der Waals surface area contributed by atoms with Crippen LogP contribution in [0, 0.1) is 6.92 Å². The number of rotatable bonds is 6. The van der Waals surface area contributed by atoms with Crippen LogP contribution >= 0.6 is 0 Å². The third kappa shape index (κ3) is 4.10. The summed E-state index contributed by atoms with van der Waals surface area (Å²) >= 11 is 0. The fourth-order valence-electron chi connectivity index (χ4n) is 1.70. The molecule has 0 unspecified atom stereocenters. The molecule has 0 saturated heterocycles. The van der Waals surface area contributed by atoms with Crippen molar-refractivity contribution >= 4 is 11.9 Å². The van der Waals surface area contributed by atoms with E-state index in [-0.39, 0.29) is 12.4 Å². The fourth-order valence-corrected chi connectivity index (χ4v) is 1.70. The normalized spacial score (nSPS) is 10.1. The first-order chi connectivity index (χ1) is 10.1. The van der Waals surface area contributed by atoms with Crippen molar-refractivity contribution < 1.29 is 23.8 Å². The van der Waals surface area contributed by atoms with Crippen LogP contribution in [-0.4, -0.2) is 23.5 Å². The molecule has 0 fully saturated rings. The number of aliphatic carboxylic acids is 1. The van der Waals surface area contributed by atoms with Gasteiger partial charge < -0.3 is 19.6 Å². The third-order valence-electron chi connectivity index (χ3n) is 2.78. The highest BCUT2D eigenvalue weighted by Gasteiger charge is 2.15. The van der Waals surface area contributed by atoms with Crippen LogP contribution in [0.15, 0.2) is 40.8 Å². The summed E-state index contributed by atoms with van der Waals surface area (Å²) in [6.45, 7) is 1.54. The van der Waals surface area contributed by atoms with Gasteiger partial charge in [0.25, 0.3) is 5.91 Å². The molecule has 0 saturated carbocycles. The summed E-state index contributed by atoms with van der Waals surface area (Å²) in [5.74, 6) is -0.326. The van der Waals surface area contributed by atoms with Gasteiger partial charge in [0.05, 0.1) is 0 Å². The number of para-hydroxylation sites is 1. The summed E-state index contributed by atoms with van der Waals surface area (Å²) in [4.78, 5) is 22.1. The monoisotopic (exact) mass is 289 g/mol. The van der Waals surface area contributed by atoms with Gasteiger partial charge in [0.2, 0.25) is 0 Å². The van der Waals surface area contributed by atoms with Crippen LogP contribution in [0.5, 0.6) is 5.75 Å². The molecule has 21 heavy (non-hydrogen) atoms. The third-order valence-corrected chi connectivity index (χ3v) is 2.78.